The molecule has 8 nitrogen and oxygen atoms in total. The van der Waals surface area contributed by atoms with Gasteiger partial charge in [-0.05, 0) is 24.6 Å². The highest BCUT2D eigenvalue weighted by Crippen LogP contribution is 2.36. The fraction of sp³-hybridized carbons (Fsp3) is 0.118. The van der Waals surface area contributed by atoms with Crippen molar-refractivity contribution in [1.29, 1.82) is 0 Å². The fourth-order valence-electron chi connectivity index (χ4n) is 2.73. The predicted octanol–water partition coefficient (Wildman–Crippen LogP) is 3.17. The summed E-state index contributed by atoms with van der Waals surface area (Å²) in [7, 11) is -3.38. The third-order valence-corrected chi connectivity index (χ3v) is 6.20. The molecule has 0 fully saturated rings. The van der Waals surface area contributed by atoms with Gasteiger partial charge in [-0.3, -0.25) is 5.10 Å². The van der Waals surface area contributed by atoms with E-state index in [1.165, 1.54) is 17.6 Å². The summed E-state index contributed by atoms with van der Waals surface area (Å²) in [4.78, 5) is 9.77. The second kappa shape index (κ2) is 6.63. The summed E-state index contributed by atoms with van der Waals surface area (Å²) < 4.78 is 26.1. The highest BCUT2D eigenvalue weighted by Gasteiger charge is 2.18. The van der Waals surface area contributed by atoms with Gasteiger partial charge in [0.15, 0.2) is 20.8 Å². The van der Waals surface area contributed by atoms with E-state index < -0.39 is 9.84 Å². The Balaban J connectivity index is 1.79. The summed E-state index contributed by atoms with van der Waals surface area (Å²) in [6.45, 7) is 1.92. The molecule has 0 unspecified atom stereocenters. The Labute approximate surface area is 159 Å². The number of benzene rings is 1. The van der Waals surface area contributed by atoms with Crippen molar-refractivity contribution >= 4 is 32.1 Å². The lowest BCUT2D eigenvalue weighted by Gasteiger charge is -2.11. The second-order valence-electron chi connectivity index (χ2n) is 5.94. The lowest BCUT2D eigenvalue weighted by molar-refractivity contribution is 0.601. The molecule has 3 aromatic heterocycles. The number of imidazole rings is 1. The number of nitrogens with one attached hydrogen (secondary N) is 2. The van der Waals surface area contributed by atoms with E-state index in [1.807, 2.05) is 19.1 Å². The van der Waals surface area contributed by atoms with Crippen molar-refractivity contribution in [3.05, 3.63) is 54.9 Å². The van der Waals surface area contributed by atoms with E-state index >= 15 is 0 Å². The molecule has 27 heavy (non-hydrogen) atoms. The molecule has 4 aromatic rings. The molecule has 0 bridgehead atoms. The summed E-state index contributed by atoms with van der Waals surface area (Å²) in [5.41, 5.74) is 2.29. The van der Waals surface area contributed by atoms with E-state index in [0.29, 0.717) is 16.6 Å². The molecule has 0 aliphatic rings. The number of H-pyrrole nitrogens is 1. The van der Waals surface area contributed by atoms with Crippen molar-refractivity contribution in [1.82, 2.24) is 24.7 Å². The number of aromatic amines is 1. The molecule has 0 spiro atoms. The van der Waals surface area contributed by atoms with Crippen molar-refractivity contribution < 1.29 is 8.42 Å². The Morgan fingerprint density at radius 2 is 2.11 bits per heavy atom. The van der Waals surface area contributed by atoms with Gasteiger partial charge in [-0.2, -0.15) is 5.10 Å². The maximum atomic E-state index is 12.2. The van der Waals surface area contributed by atoms with E-state index in [1.54, 1.807) is 41.6 Å². The molecular formula is C17H16N6O2S2. The Bertz CT molecular complexity index is 1180. The first-order chi connectivity index (χ1) is 12.9. The molecule has 0 radical (unpaired) electrons. The molecule has 0 atom stereocenters. The van der Waals surface area contributed by atoms with Gasteiger partial charge in [-0.25, -0.2) is 18.4 Å². The summed E-state index contributed by atoms with van der Waals surface area (Å²) in [6.07, 6.45) is 7.84. The maximum absolute atomic E-state index is 12.2. The topological polar surface area (TPSA) is 106 Å². The Morgan fingerprint density at radius 3 is 2.78 bits per heavy atom. The summed E-state index contributed by atoms with van der Waals surface area (Å²) in [5, 5.41) is 10.7. The normalized spacial score (nSPS) is 11.6. The number of aryl methyl sites for hydroxylation is 1. The largest absolute Gasteiger partial charge is 0.315 e. The van der Waals surface area contributed by atoms with Crippen molar-refractivity contribution in [2.45, 2.75) is 11.8 Å². The van der Waals surface area contributed by atoms with E-state index in [4.69, 9.17) is 0 Å². The van der Waals surface area contributed by atoms with Gasteiger partial charge in [-0.1, -0.05) is 17.4 Å². The van der Waals surface area contributed by atoms with E-state index in [2.05, 4.69) is 25.5 Å². The van der Waals surface area contributed by atoms with Crippen LogP contribution in [0.2, 0.25) is 0 Å². The van der Waals surface area contributed by atoms with Crippen molar-refractivity contribution in [3.8, 4) is 16.1 Å². The molecular weight excluding hydrogens is 384 g/mol. The lowest BCUT2D eigenvalue weighted by Crippen LogP contribution is -2.04. The van der Waals surface area contributed by atoms with Crippen LogP contribution < -0.4 is 5.32 Å². The lowest BCUT2D eigenvalue weighted by atomic mass is 10.1. The van der Waals surface area contributed by atoms with Crippen molar-refractivity contribution in [3.63, 3.8) is 0 Å². The van der Waals surface area contributed by atoms with E-state index in [9.17, 15) is 8.42 Å². The predicted molar refractivity (Wildman–Crippen MR) is 104 cm³/mol. The maximum Gasteiger partial charge on any atom is 0.189 e. The number of aromatic nitrogens is 5. The van der Waals surface area contributed by atoms with Gasteiger partial charge in [0.2, 0.25) is 0 Å². The summed E-state index contributed by atoms with van der Waals surface area (Å²) in [5.74, 6) is 0.682. The van der Waals surface area contributed by atoms with Gasteiger partial charge in [0.25, 0.3) is 0 Å². The third-order valence-electron chi connectivity index (χ3n) is 3.94. The average molecular weight is 400 g/mol. The zero-order valence-electron chi connectivity index (χ0n) is 14.5. The second-order valence-corrected chi connectivity index (χ2v) is 8.93. The molecule has 0 aliphatic heterocycles. The van der Waals surface area contributed by atoms with Crippen LogP contribution in [-0.2, 0) is 9.84 Å². The third kappa shape index (κ3) is 3.49. The standard InChI is InChI=1S/C17H16N6O2S2/c1-11-16(26-17(20-11)21-15-5-6-19-22-15)12-3-4-14(27(2,24)25)13(9-12)23-8-7-18-10-23/h3-10H,1-2H3,(H2,19,20,21,22). The molecule has 1 aromatic carbocycles. The van der Waals surface area contributed by atoms with Gasteiger partial charge in [0.1, 0.15) is 0 Å². The zero-order valence-corrected chi connectivity index (χ0v) is 16.2. The molecule has 3 heterocycles. The minimum Gasteiger partial charge on any atom is -0.315 e. The quantitative estimate of drug-likeness (QED) is 0.533. The average Bonchev–Trinajstić information content (AvgIpc) is 3.36. The molecule has 0 aliphatic carbocycles. The number of rotatable bonds is 5. The monoisotopic (exact) mass is 400 g/mol. The smallest absolute Gasteiger partial charge is 0.189 e. The van der Waals surface area contributed by atoms with Crippen LogP contribution in [0.5, 0.6) is 0 Å². The van der Waals surface area contributed by atoms with Gasteiger partial charge >= 0.3 is 0 Å². The summed E-state index contributed by atoms with van der Waals surface area (Å²) >= 11 is 1.48. The SMILES string of the molecule is Cc1nc(Nc2cc[nH]n2)sc1-c1ccc(S(C)(=O)=O)c(-n2ccnc2)c1. The zero-order chi connectivity index (χ0) is 19.0. The van der Waals surface area contributed by atoms with Crippen LogP contribution in [0.25, 0.3) is 16.1 Å². The first-order valence-corrected chi connectivity index (χ1v) is 10.7. The number of hydrogen-bond acceptors (Lipinski definition) is 7. The van der Waals surface area contributed by atoms with E-state index in [-0.39, 0.29) is 4.90 Å². The van der Waals surface area contributed by atoms with Crippen LogP contribution in [0.4, 0.5) is 10.9 Å². The van der Waals surface area contributed by atoms with Crippen LogP contribution in [-0.4, -0.2) is 39.4 Å². The fourth-order valence-corrected chi connectivity index (χ4v) is 4.56. The van der Waals surface area contributed by atoms with E-state index in [0.717, 1.165) is 16.1 Å². The van der Waals surface area contributed by atoms with Gasteiger partial charge in [-0.15, -0.1) is 0 Å². The molecule has 0 saturated carbocycles. The highest BCUT2D eigenvalue weighted by atomic mass is 32.2. The van der Waals surface area contributed by atoms with Crippen LogP contribution in [0.3, 0.4) is 0 Å². The first kappa shape index (κ1) is 17.4. The van der Waals surface area contributed by atoms with Gasteiger partial charge < -0.3 is 9.88 Å². The Hall–Kier alpha value is -2.98. The minimum absolute atomic E-state index is 0.251. The van der Waals surface area contributed by atoms with Crippen LogP contribution in [0, 0.1) is 6.92 Å². The van der Waals surface area contributed by atoms with Crippen LogP contribution >= 0.6 is 11.3 Å². The molecule has 10 heteroatoms. The minimum atomic E-state index is -3.38. The Kier molecular flexibility index (Phi) is 4.28. The molecule has 0 amide bonds. The number of thiazole rings is 1. The van der Waals surface area contributed by atoms with Crippen molar-refractivity contribution in [2.24, 2.45) is 0 Å². The number of anilines is 2. The number of hydrogen-bond donors (Lipinski definition) is 2. The van der Waals surface area contributed by atoms with Gasteiger partial charge in [0, 0.05) is 30.9 Å². The molecule has 4 rings (SSSR count). The van der Waals surface area contributed by atoms with Crippen LogP contribution in [0.15, 0.2) is 54.1 Å². The summed E-state index contributed by atoms with van der Waals surface area (Å²) in [6, 6.07) is 7.08. The molecule has 2 N–H and O–H groups in total. The number of nitrogens with zero attached hydrogens (tertiary/aromatic N) is 4. The number of sulfone groups is 1. The first-order valence-electron chi connectivity index (χ1n) is 7.99. The van der Waals surface area contributed by atoms with Crippen molar-refractivity contribution in [2.75, 3.05) is 11.6 Å². The highest BCUT2D eigenvalue weighted by molar-refractivity contribution is 7.90. The Morgan fingerprint density at radius 1 is 1.26 bits per heavy atom. The molecule has 0 saturated heterocycles. The van der Waals surface area contributed by atoms with Gasteiger partial charge in [0.05, 0.1) is 27.5 Å². The molecule has 138 valence electrons. The van der Waals surface area contributed by atoms with Crippen LogP contribution in [0.1, 0.15) is 5.69 Å².